The van der Waals surface area contributed by atoms with Crippen LogP contribution < -0.4 is 0 Å². The van der Waals surface area contributed by atoms with Crippen LogP contribution in [-0.2, 0) is 4.74 Å². The minimum absolute atomic E-state index is 0.0765. The van der Waals surface area contributed by atoms with E-state index in [0.717, 1.165) is 6.07 Å². The van der Waals surface area contributed by atoms with Crippen molar-refractivity contribution in [3.05, 3.63) is 34.9 Å². The summed E-state index contributed by atoms with van der Waals surface area (Å²) in [6.45, 7) is 6.80. The normalized spacial score (nSPS) is 15.0. The van der Waals surface area contributed by atoms with Gasteiger partial charge >= 0.3 is 6.09 Å². The monoisotopic (exact) mass is 322 g/mol. The van der Waals surface area contributed by atoms with Crippen LogP contribution in [0.1, 0.15) is 18.1 Å². The van der Waals surface area contributed by atoms with Crippen molar-refractivity contribution in [2.75, 3.05) is 39.3 Å². The van der Waals surface area contributed by atoms with Gasteiger partial charge in [0.2, 0.25) is 0 Å². The Kier molecular flexibility index (Phi) is 5.94. The molecule has 0 spiro atoms. The van der Waals surface area contributed by atoms with E-state index in [2.05, 4.69) is 16.7 Å². The number of carbonyl (C=O) groups excluding carboxylic acids is 1. The third-order valence-corrected chi connectivity index (χ3v) is 3.60. The van der Waals surface area contributed by atoms with Gasteiger partial charge in [0.1, 0.15) is 0 Å². The molecular formula is C17H20F2N2O2. The number of hydrogen-bond donors (Lipinski definition) is 0. The molecule has 2 rings (SSSR count). The Balaban J connectivity index is 1.88. The molecule has 1 saturated heterocycles. The molecule has 1 fully saturated rings. The zero-order chi connectivity index (χ0) is 16.8. The van der Waals surface area contributed by atoms with Gasteiger partial charge in [0, 0.05) is 26.2 Å². The SMILES string of the molecule is CCOC(=O)N1CCN(CC#Cc2cc(C)cc(F)c2F)CC1. The molecule has 124 valence electrons. The summed E-state index contributed by atoms with van der Waals surface area (Å²) < 4.78 is 31.9. The molecule has 1 aromatic carbocycles. The summed E-state index contributed by atoms with van der Waals surface area (Å²) in [5, 5.41) is 0. The fraction of sp³-hybridized carbons (Fsp3) is 0.471. The fourth-order valence-electron chi connectivity index (χ4n) is 2.37. The molecule has 1 aliphatic rings. The van der Waals surface area contributed by atoms with Gasteiger partial charge in [0.15, 0.2) is 11.6 Å². The largest absolute Gasteiger partial charge is 0.450 e. The maximum Gasteiger partial charge on any atom is 0.409 e. The number of benzene rings is 1. The highest BCUT2D eigenvalue weighted by Gasteiger charge is 2.21. The average molecular weight is 322 g/mol. The molecule has 0 saturated carbocycles. The molecule has 23 heavy (non-hydrogen) atoms. The Morgan fingerprint density at radius 1 is 1.26 bits per heavy atom. The maximum atomic E-state index is 13.6. The van der Waals surface area contributed by atoms with Crippen LogP contribution in [0.2, 0.25) is 0 Å². The first-order valence-electron chi connectivity index (χ1n) is 7.59. The molecule has 0 aliphatic carbocycles. The first-order valence-corrected chi connectivity index (χ1v) is 7.59. The van der Waals surface area contributed by atoms with Crippen LogP contribution in [0.15, 0.2) is 12.1 Å². The third kappa shape index (κ3) is 4.67. The van der Waals surface area contributed by atoms with Crippen molar-refractivity contribution in [2.45, 2.75) is 13.8 Å². The lowest BCUT2D eigenvalue weighted by molar-refractivity contribution is 0.0829. The van der Waals surface area contributed by atoms with Gasteiger partial charge < -0.3 is 9.64 Å². The summed E-state index contributed by atoms with van der Waals surface area (Å²) >= 11 is 0. The van der Waals surface area contributed by atoms with Crippen molar-refractivity contribution in [3.63, 3.8) is 0 Å². The van der Waals surface area contributed by atoms with Crippen LogP contribution in [0.25, 0.3) is 0 Å². The molecule has 1 heterocycles. The van der Waals surface area contributed by atoms with Crippen LogP contribution >= 0.6 is 0 Å². The zero-order valence-electron chi connectivity index (χ0n) is 13.4. The zero-order valence-corrected chi connectivity index (χ0v) is 13.4. The highest BCUT2D eigenvalue weighted by Crippen LogP contribution is 2.13. The summed E-state index contributed by atoms with van der Waals surface area (Å²) in [7, 11) is 0. The summed E-state index contributed by atoms with van der Waals surface area (Å²) in [6, 6.07) is 2.68. The van der Waals surface area contributed by atoms with Crippen LogP contribution in [0.5, 0.6) is 0 Å². The molecule has 1 aliphatic heterocycles. The van der Waals surface area contributed by atoms with E-state index >= 15 is 0 Å². The van der Waals surface area contributed by atoms with Gasteiger partial charge in [-0.1, -0.05) is 11.8 Å². The number of ether oxygens (including phenoxy) is 1. The number of hydrogen-bond acceptors (Lipinski definition) is 3. The number of halogens is 2. The molecule has 6 heteroatoms. The molecule has 0 radical (unpaired) electrons. The molecule has 0 unspecified atom stereocenters. The molecular weight excluding hydrogens is 302 g/mol. The topological polar surface area (TPSA) is 32.8 Å². The number of rotatable bonds is 2. The Hall–Kier alpha value is -2.13. The molecule has 0 N–H and O–H groups in total. The van der Waals surface area contributed by atoms with E-state index in [-0.39, 0.29) is 11.7 Å². The van der Waals surface area contributed by atoms with E-state index in [1.807, 2.05) is 0 Å². The second kappa shape index (κ2) is 7.93. The smallest absolute Gasteiger partial charge is 0.409 e. The second-order valence-corrected chi connectivity index (χ2v) is 5.37. The summed E-state index contributed by atoms with van der Waals surface area (Å²) in [5.74, 6) is 3.77. The lowest BCUT2D eigenvalue weighted by Gasteiger charge is -2.32. The number of carbonyl (C=O) groups is 1. The van der Waals surface area contributed by atoms with E-state index in [0.29, 0.717) is 44.9 Å². The van der Waals surface area contributed by atoms with Gasteiger partial charge in [0.25, 0.3) is 0 Å². The Labute approximate surface area is 135 Å². The van der Waals surface area contributed by atoms with E-state index in [9.17, 15) is 13.6 Å². The Morgan fingerprint density at radius 2 is 1.96 bits per heavy atom. The Bertz CT molecular complexity index is 629. The lowest BCUT2D eigenvalue weighted by atomic mass is 10.1. The molecule has 1 amide bonds. The van der Waals surface area contributed by atoms with Crippen LogP contribution in [0.4, 0.5) is 13.6 Å². The van der Waals surface area contributed by atoms with E-state index < -0.39 is 11.6 Å². The van der Waals surface area contributed by atoms with Crippen molar-refractivity contribution in [3.8, 4) is 11.8 Å². The van der Waals surface area contributed by atoms with Crippen molar-refractivity contribution >= 4 is 6.09 Å². The van der Waals surface area contributed by atoms with Gasteiger partial charge in [-0.05, 0) is 31.5 Å². The van der Waals surface area contributed by atoms with Gasteiger partial charge in [-0.2, -0.15) is 0 Å². The first kappa shape index (κ1) is 17.2. The van der Waals surface area contributed by atoms with Gasteiger partial charge in [0.05, 0.1) is 18.7 Å². The predicted octanol–water partition coefficient (Wildman–Crippen LogP) is 2.40. The average Bonchev–Trinajstić information content (AvgIpc) is 2.53. The molecule has 0 bridgehead atoms. The van der Waals surface area contributed by atoms with Crippen LogP contribution in [0, 0.1) is 30.4 Å². The van der Waals surface area contributed by atoms with Crippen molar-refractivity contribution in [2.24, 2.45) is 0 Å². The van der Waals surface area contributed by atoms with E-state index in [1.54, 1.807) is 18.7 Å². The van der Waals surface area contributed by atoms with Gasteiger partial charge in [-0.25, -0.2) is 13.6 Å². The number of nitrogens with zero attached hydrogens (tertiary/aromatic N) is 2. The molecule has 0 aromatic heterocycles. The Morgan fingerprint density at radius 3 is 2.61 bits per heavy atom. The number of amides is 1. The number of piperazine rings is 1. The van der Waals surface area contributed by atoms with Crippen LogP contribution in [-0.4, -0.2) is 55.2 Å². The highest BCUT2D eigenvalue weighted by atomic mass is 19.2. The standard InChI is InChI=1S/C17H20F2N2O2/c1-3-23-17(22)21-9-7-20(8-10-21)6-4-5-14-11-13(2)12-15(18)16(14)19/h11-12H,3,6-10H2,1-2H3. The molecule has 1 aromatic rings. The van der Waals surface area contributed by atoms with Crippen molar-refractivity contribution < 1.29 is 18.3 Å². The summed E-state index contributed by atoms with van der Waals surface area (Å²) in [5.41, 5.74) is 0.712. The third-order valence-electron chi connectivity index (χ3n) is 3.60. The lowest BCUT2D eigenvalue weighted by Crippen LogP contribution is -2.48. The predicted molar refractivity (Wildman–Crippen MR) is 83.0 cm³/mol. The second-order valence-electron chi connectivity index (χ2n) is 5.37. The van der Waals surface area contributed by atoms with Crippen molar-refractivity contribution in [1.29, 1.82) is 0 Å². The summed E-state index contributed by atoms with van der Waals surface area (Å²) in [4.78, 5) is 15.3. The van der Waals surface area contributed by atoms with Crippen LogP contribution in [0.3, 0.4) is 0 Å². The van der Waals surface area contributed by atoms with Gasteiger partial charge in [-0.15, -0.1) is 0 Å². The maximum absolute atomic E-state index is 13.6. The number of aryl methyl sites for hydroxylation is 1. The minimum Gasteiger partial charge on any atom is -0.450 e. The first-order chi connectivity index (χ1) is 11.0. The van der Waals surface area contributed by atoms with Gasteiger partial charge in [-0.3, -0.25) is 4.90 Å². The van der Waals surface area contributed by atoms with E-state index in [1.165, 1.54) is 6.07 Å². The van der Waals surface area contributed by atoms with Crippen molar-refractivity contribution in [1.82, 2.24) is 9.80 Å². The quantitative estimate of drug-likeness (QED) is 0.784. The molecule has 0 atom stereocenters. The minimum atomic E-state index is -0.907. The summed E-state index contributed by atoms with van der Waals surface area (Å²) in [6.07, 6.45) is -0.296. The molecule has 4 nitrogen and oxygen atoms in total. The fourth-order valence-corrected chi connectivity index (χ4v) is 2.37. The van der Waals surface area contributed by atoms with E-state index in [4.69, 9.17) is 4.74 Å². The highest BCUT2D eigenvalue weighted by molar-refractivity contribution is 5.67.